The Kier molecular flexibility index (Phi) is 4.33. The van der Waals surface area contributed by atoms with E-state index in [9.17, 15) is 14.4 Å². The number of pyridine rings is 1. The predicted molar refractivity (Wildman–Crippen MR) is 69.8 cm³/mol. The maximum Gasteiger partial charge on any atom is 0.268 e. The van der Waals surface area contributed by atoms with Gasteiger partial charge in [-0.3, -0.25) is 14.4 Å². The molecule has 0 atom stereocenters. The highest BCUT2D eigenvalue weighted by Crippen LogP contribution is 2.08. The van der Waals surface area contributed by atoms with Gasteiger partial charge < -0.3 is 15.2 Å². The number of aromatic nitrogens is 1. The van der Waals surface area contributed by atoms with Crippen LogP contribution in [0.3, 0.4) is 0 Å². The predicted octanol–water partition coefficient (Wildman–Crippen LogP) is 0.117. The number of piperidine rings is 1. The fraction of sp³-hybridized carbons (Fsp3) is 0.462. The molecule has 0 bridgehead atoms. The summed E-state index contributed by atoms with van der Waals surface area (Å²) in [6.45, 7) is 1.49. The van der Waals surface area contributed by atoms with Crippen LogP contribution in [0.1, 0.15) is 29.8 Å². The molecule has 1 aromatic heterocycles. The van der Waals surface area contributed by atoms with Crippen molar-refractivity contribution in [2.75, 3.05) is 19.6 Å². The minimum absolute atomic E-state index is 0.0320. The van der Waals surface area contributed by atoms with E-state index < -0.39 is 5.91 Å². The summed E-state index contributed by atoms with van der Waals surface area (Å²) in [5.41, 5.74) is -0.172. The number of likely N-dealkylation sites (tertiary alicyclic amines) is 1. The smallest absolute Gasteiger partial charge is 0.268 e. The van der Waals surface area contributed by atoms with Crippen LogP contribution in [0.2, 0.25) is 0 Å². The zero-order valence-electron chi connectivity index (χ0n) is 10.6. The summed E-state index contributed by atoms with van der Waals surface area (Å²) in [4.78, 5) is 38.8. The Morgan fingerprint density at radius 1 is 1.21 bits per heavy atom. The van der Waals surface area contributed by atoms with Crippen molar-refractivity contribution < 1.29 is 9.59 Å². The highest BCUT2D eigenvalue weighted by atomic mass is 16.2. The molecule has 0 aliphatic carbocycles. The number of nitrogens with one attached hydrogen (secondary N) is 2. The second-order valence-electron chi connectivity index (χ2n) is 4.55. The lowest BCUT2D eigenvalue weighted by molar-refractivity contribution is -0.130. The van der Waals surface area contributed by atoms with Gasteiger partial charge in [0.1, 0.15) is 5.69 Å². The number of carbonyl (C=O) groups excluding carboxylic acids is 2. The number of nitrogens with zero attached hydrogens (tertiary/aromatic N) is 1. The topological polar surface area (TPSA) is 82.3 Å². The quantitative estimate of drug-likeness (QED) is 0.812. The average Bonchev–Trinajstić information content (AvgIpc) is 2.45. The molecule has 0 unspecified atom stereocenters. The van der Waals surface area contributed by atoms with Gasteiger partial charge in [-0.1, -0.05) is 6.07 Å². The molecule has 19 heavy (non-hydrogen) atoms. The van der Waals surface area contributed by atoms with Crippen LogP contribution < -0.4 is 10.9 Å². The fourth-order valence-corrected chi connectivity index (χ4v) is 2.09. The van der Waals surface area contributed by atoms with E-state index in [1.165, 1.54) is 18.2 Å². The summed E-state index contributed by atoms with van der Waals surface area (Å²) in [6.07, 6.45) is 3.19. The SMILES string of the molecule is O=C(NCC(=O)N1CCCCC1)c1cccc(=O)[nH]1. The third-order valence-corrected chi connectivity index (χ3v) is 3.12. The third-order valence-electron chi connectivity index (χ3n) is 3.12. The molecule has 102 valence electrons. The number of hydrogen-bond donors (Lipinski definition) is 2. The van der Waals surface area contributed by atoms with Crippen molar-refractivity contribution in [1.29, 1.82) is 0 Å². The molecule has 2 amide bonds. The van der Waals surface area contributed by atoms with Gasteiger partial charge in [0.05, 0.1) is 6.54 Å². The van der Waals surface area contributed by atoms with Gasteiger partial charge in [0.2, 0.25) is 11.5 Å². The molecule has 0 radical (unpaired) electrons. The van der Waals surface area contributed by atoms with Gasteiger partial charge in [-0.2, -0.15) is 0 Å². The molecule has 1 saturated heterocycles. The largest absolute Gasteiger partial charge is 0.342 e. The zero-order chi connectivity index (χ0) is 13.7. The lowest BCUT2D eigenvalue weighted by Gasteiger charge is -2.26. The molecule has 0 aromatic carbocycles. The normalized spacial score (nSPS) is 15.1. The molecule has 6 nitrogen and oxygen atoms in total. The van der Waals surface area contributed by atoms with Crippen molar-refractivity contribution in [3.05, 3.63) is 34.2 Å². The van der Waals surface area contributed by atoms with E-state index >= 15 is 0 Å². The minimum atomic E-state index is -0.442. The number of hydrogen-bond acceptors (Lipinski definition) is 3. The molecule has 0 saturated carbocycles. The molecule has 1 aromatic rings. The Morgan fingerprint density at radius 2 is 1.95 bits per heavy atom. The molecular weight excluding hydrogens is 246 g/mol. The third kappa shape index (κ3) is 3.67. The highest BCUT2D eigenvalue weighted by Gasteiger charge is 2.17. The first-order chi connectivity index (χ1) is 9.16. The van der Waals surface area contributed by atoms with Crippen LogP contribution in [-0.2, 0) is 4.79 Å². The maximum atomic E-state index is 11.8. The van der Waals surface area contributed by atoms with Crippen LogP contribution in [0.15, 0.2) is 23.0 Å². The van der Waals surface area contributed by atoms with Gasteiger partial charge >= 0.3 is 0 Å². The molecule has 1 aliphatic rings. The Labute approximate surface area is 110 Å². The number of amides is 2. The van der Waals surface area contributed by atoms with E-state index in [0.717, 1.165) is 32.4 Å². The van der Waals surface area contributed by atoms with E-state index in [4.69, 9.17) is 0 Å². The van der Waals surface area contributed by atoms with Crippen LogP contribution in [0, 0.1) is 0 Å². The van der Waals surface area contributed by atoms with E-state index in [0.29, 0.717) is 0 Å². The molecule has 1 fully saturated rings. The van der Waals surface area contributed by atoms with Gasteiger partial charge in [-0.15, -0.1) is 0 Å². The molecule has 2 rings (SSSR count). The van der Waals surface area contributed by atoms with Crippen LogP contribution >= 0.6 is 0 Å². The molecule has 2 N–H and O–H groups in total. The van der Waals surface area contributed by atoms with E-state index in [-0.39, 0.29) is 23.7 Å². The summed E-state index contributed by atoms with van der Waals surface area (Å²) in [6, 6.07) is 4.33. The fourth-order valence-electron chi connectivity index (χ4n) is 2.09. The molecule has 1 aliphatic heterocycles. The van der Waals surface area contributed by atoms with Crippen molar-refractivity contribution >= 4 is 11.8 Å². The van der Waals surface area contributed by atoms with Gasteiger partial charge in [0, 0.05) is 19.2 Å². The summed E-state index contributed by atoms with van der Waals surface area (Å²) in [5.74, 6) is -0.519. The molecule has 2 heterocycles. The Hall–Kier alpha value is -2.11. The van der Waals surface area contributed by atoms with Crippen LogP contribution in [0.4, 0.5) is 0 Å². The summed E-state index contributed by atoms with van der Waals surface area (Å²) in [5, 5.41) is 2.52. The lowest BCUT2D eigenvalue weighted by atomic mass is 10.1. The van der Waals surface area contributed by atoms with Crippen LogP contribution in [0.5, 0.6) is 0 Å². The van der Waals surface area contributed by atoms with Gasteiger partial charge in [0.15, 0.2) is 0 Å². The monoisotopic (exact) mass is 263 g/mol. The molecular formula is C13H17N3O3. The minimum Gasteiger partial charge on any atom is -0.342 e. The van der Waals surface area contributed by atoms with E-state index in [1.807, 2.05) is 0 Å². The van der Waals surface area contributed by atoms with E-state index in [2.05, 4.69) is 10.3 Å². The first-order valence-corrected chi connectivity index (χ1v) is 6.42. The summed E-state index contributed by atoms with van der Waals surface area (Å²) in [7, 11) is 0. The van der Waals surface area contributed by atoms with Crippen molar-refractivity contribution in [2.45, 2.75) is 19.3 Å². The second-order valence-corrected chi connectivity index (χ2v) is 4.55. The first kappa shape index (κ1) is 13.3. The molecule has 6 heteroatoms. The Balaban J connectivity index is 1.86. The maximum absolute atomic E-state index is 11.8. The van der Waals surface area contributed by atoms with Crippen molar-refractivity contribution in [3.63, 3.8) is 0 Å². The average molecular weight is 263 g/mol. The zero-order valence-corrected chi connectivity index (χ0v) is 10.6. The van der Waals surface area contributed by atoms with Crippen molar-refractivity contribution in [2.24, 2.45) is 0 Å². The highest BCUT2D eigenvalue weighted by molar-refractivity contribution is 5.94. The second kappa shape index (κ2) is 6.17. The van der Waals surface area contributed by atoms with Gasteiger partial charge in [-0.05, 0) is 25.3 Å². The molecule has 0 spiro atoms. The number of H-pyrrole nitrogens is 1. The van der Waals surface area contributed by atoms with Gasteiger partial charge in [-0.25, -0.2) is 0 Å². The summed E-state index contributed by atoms with van der Waals surface area (Å²) < 4.78 is 0. The van der Waals surface area contributed by atoms with Crippen molar-refractivity contribution in [3.8, 4) is 0 Å². The number of aromatic amines is 1. The van der Waals surface area contributed by atoms with Crippen molar-refractivity contribution in [1.82, 2.24) is 15.2 Å². The Morgan fingerprint density at radius 3 is 2.63 bits per heavy atom. The van der Waals surface area contributed by atoms with E-state index in [1.54, 1.807) is 4.90 Å². The Bertz CT molecular complexity index is 518. The standard InChI is InChI=1S/C13H17N3O3/c17-11-6-4-5-10(15-11)13(19)14-9-12(18)16-7-2-1-3-8-16/h4-6H,1-3,7-9H2,(H,14,19)(H,15,17). The summed E-state index contributed by atoms with van der Waals surface area (Å²) >= 11 is 0. The van der Waals surface area contributed by atoms with Crippen LogP contribution in [-0.4, -0.2) is 41.3 Å². The first-order valence-electron chi connectivity index (χ1n) is 6.42. The number of carbonyl (C=O) groups is 2. The van der Waals surface area contributed by atoms with Gasteiger partial charge in [0.25, 0.3) is 5.91 Å². The number of rotatable bonds is 3. The van der Waals surface area contributed by atoms with Crippen LogP contribution in [0.25, 0.3) is 0 Å². The lowest BCUT2D eigenvalue weighted by Crippen LogP contribution is -2.42.